The van der Waals surface area contributed by atoms with Crippen molar-refractivity contribution < 1.29 is 5.11 Å². The van der Waals surface area contributed by atoms with E-state index in [1.807, 2.05) is 20.8 Å². The zero-order valence-corrected chi connectivity index (χ0v) is 17.5. The summed E-state index contributed by atoms with van der Waals surface area (Å²) < 4.78 is 0. The number of hydrogen-bond acceptors (Lipinski definition) is 1. The van der Waals surface area contributed by atoms with Crippen molar-refractivity contribution in [1.29, 1.82) is 0 Å². The number of rotatable bonds is 0. The summed E-state index contributed by atoms with van der Waals surface area (Å²) in [5.41, 5.74) is 2.71. The second-order valence-corrected chi connectivity index (χ2v) is 9.12. The minimum atomic E-state index is -0.157. The smallest absolute Gasteiger partial charge is 0.0724 e. The van der Waals surface area contributed by atoms with Gasteiger partial charge in [-0.05, 0) is 86.9 Å². The Morgan fingerprint density at radius 2 is 1.72 bits per heavy atom. The molecule has 0 bridgehead atoms. The number of allylic oxidation sites excluding steroid dienone is 2. The molecule has 4 aliphatic carbocycles. The Balaban J connectivity index is 0.000000410. The van der Waals surface area contributed by atoms with Gasteiger partial charge in [-0.3, -0.25) is 0 Å². The second kappa shape index (κ2) is 8.42. The largest absolute Gasteiger partial charge is 0.389 e. The first-order chi connectivity index (χ1) is 11.9. The zero-order valence-electron chi connectivity index (χ0n) is 17.5. The van der Waals surface area contributed by atoms with Crippen LogP contribution in [0.4, 0.5) is 0 Å². The quantitative estimate of drug-likeness (QED) is 0.472. The van der Waals surface area contributed by atoms with Crippen molar-refractivity contribution in [2.75, 3.05) is 0 Å². The minimum absolute atomic E-state index is 0.157. The Bertz CT molecular complexity index is 478. The van der Waals surface area contributed by atoms with Crippen molar-refractivity contribution in [1.82, 2.24) is 0 Å². The summed E-state index contributed by atoms with van der Waals surface area (Å²) in [7, 11) is 0. The van der Waals surface area contributed by atoms with E-state index in [-0.39, 0.29) is 6.10 Å². The monoisotopic (exact) mass is 346 g/mol. The van der Waals surface area contributed by atoms with E-state index in [0.29, 0.717) is 10.8 Å². The maximum Gasteiger partial charge on any atom is 0.0724 e. The highest BCUT2D eigenvalue weighted by atomic mass is 16.3. The van der Waals surface area contributed by atoms with E-state index in [1.54, 1.807) is 11.6 Å². The van der Waals surface area contributed by atoms with Crippen LogP contribution in [0.25, 0.3) is 0 Å². The molecule has 1 N–H and O–H groups in total. The van der Waals surface area contributed by atoms with Gasteiger partial charge in [0.05, 0.1) is 6.10 Å². The van der Waals surface area contributed by atoms with Crippen LogP contribution in [0.5, 0.6) is 0 Å². The average molecular weight is 347 g/mol. The SMILES string of the molecule is C=CC.CC.CC12CCCC1C1CCC3=CC(O)CCC3(C)C1CC2. The molecule has 6 unspecified atom stereocenters. The van der Waals surface area contributed by atoms with Gasteiger partial charge in [-0.2, -0.15) is 0 Å². The van der Waals surface area contributed by atoms with Gasteiger partial charge in [0.1, 0.15) is 0 Å². The molecule has 0 saturated heterocycles. The highest BCUT2D eigenvalue weighted by Crippen LogP contribution is 2.65. The highest BCUT2D eigenvalue weighted by Gasteiger charge is 2.55. The molecule has 6 atom stereocenters. The van der Waals surface area contributed by atoms with Crippen LogP contribution in [-0.2, 0) is 0 Å². The molecular formula is C24H42O. The van der Waals surface area contributed by atoms with E-state index in [1.165, 1.54) is 51.4 Å². The normalized spacial score (nSPS) is 44.5. The standard InChI is InChI=1S/C19H30O.C3H6.C2H6/c1-18-9-3-4-16(18)15-6-5-13-12-14(20)7-11-19(13,2)17(15)8-10-18;1-3-2;1-2/h12,14-17,20H,3-11H2,1-2H3;3H,1H2,2H3;1-2H3. The van der Waals surface area contributed by atoms with Crippen LogP contribution in [0, 0.1) is 28.6 Å². The summed E-state index contributed by atoms with van der Waals surface area (Å²) in [6, 6.07) is 0. The Hall–Kier alpha value is -0.560. The van der Waals surface area contributed by atoms with Crippen LogP contribution in [-0.4, -0.2) is 11.2 Å². The van der Waals surface area contributed by atoms with E-state index in [0.717, 1.165) is 24.2 Å². The van der Waals surface area contributed by atoms with Crippen LogP contribution >= 0.6 is 0 Å². The zero-order chi connectivity index (χ0) is 18.7. The lowest BCUT2D eigenvalue weighted by Crippen LogP contribution is -2.49. The van der Waals surface area contributed by atoms with Gasteiger partial charge in [0, 0.05) is 0 Å². The van der Waals surface area contributed by atoms with Crippen LogP contribution < -0.4 is 0 Å². The lowest BCUT2D eigenvalue weighted by atomic mass is 9.47. The fourth-order valence-corrected chi connectivity index (χ4v) is 6.70. The predicted molar refractivity (Wildman–Crippen MR) is 110 cm³/mol. The molecule has 0 aromatic carbocycles. The molecule has 0 aromatic rings. The molecular weight excluding hydrogens is 304 g/mol. The van der Waals surface area contributed by atoms with Crippen molar-refractivity contribution in [2.45, 2.75) is 98.5 Å². The van der Waals surface area contributed by atoms with Crippen LogP contribution in [0.2, 0.25) is 0 Å². The number of aliphatic hydroxyl groups excluding tert-OH is 1. The molecule has 3 saturated carbocycles. The summed E-state index contributed by atoms with van der Waals surface area (Å²) in [6.07, 6.45) is 16.1. The minimum Gasteiger partial charge on any atom is -0.389 e. The summed E-state index contributed by atoms with van der Waals surface area (Å²) in [5, 5.41) is 9.97. The number of fused-ring (bicyclic) bond motifs is 5. The molecule has 0 aromatic heterocycles. The summed E-state index contributed by atoms with van der Waals surface area (Å²) >= 11 is 0. The van der Waals surface area contributed by atoms with Gasteiger partial charge in [-0.25, -0.2) is 0 Å². The molecule has 3 fully saturated rings. The second-order valence-electron chi connectivity index (χ2n) is 9.12. The lowest BCUT2D eigenvalue weighted by Gasteiger charge is -2.57. The molecule has 25 heavy (non-hydrogen) atoms. The Kier molecular flexibility index (Phi) is 6.99. The Morgan fingerprint density at radius 1 is 1.04 bits per heavy atom. The van der Waals surface area contributed by atoms with Crippen LogP contribution in [0.3, 0.4) is 0 Å². The van der Waals surface area contributed by atoms with Gasteiger partial charge >= 0.3 is 0 Å². The molecule has 4 rings (SSSR count). The summed E-state index contributed by atoms with van der Waals surface area (Å²) in [4.78, 5) is 0. The van der Waals surface area contributed by atoms with Gasteiger partial charge in [-0.1, -0.05) is 51.8 Å². The first kappa shape index (κ1) is 20.7. The van der Waals surface area contributed by atoms with Crippen LogP contribution in [0.15, 0.2) is 24.3 Å². The van der Waals surface area contributed by atoms with Crippen LogP contribution in [0.1, 0.15) is 92.4 Å². The maximum atomic E-state index is 9.97. The van der Waals surface area contributed by atoms with Crippen molar-refractivity contribution in [2.24, 2.45) is 28.6 Å². The van der Waals surface area contributed by atoms with Gasteiger partial charge in [0.15, 0.2) is 0 Å². The molecule has 1 heteroatoms. The predicted octanol–water partition coefficient (Wildman–Crippen LogP) is 6.92. The molecule has 1 nitrogen and oxygen atoms in total. The molecule has 0 heterocycles. The molecule has 0 amide bonds. The van der Waals surface area contributed by atoms with Crippen molar-refractivity contribution in [3.8, 4) is 0 Å². The number of hydrogen-bond donors (Lipinski definition) is 1. The molecule has 0 radical (unpaired) electrons. The van der Waals surface area contributed by atoms with E-state index in [4.69, 9.17) is 0 Å². The third kappa shape index (κ3) is 3.77. The topological polar surface area (TPSA) is 20.2 Å². The van der Waals surface area contributed by atoms with E-state index in [2.05, 4.69) is 26.5 Å². The molecule has 0 spiro atoms. The number of aliphatic hydroxyl groups is 1. The molecule has 4 aliphatic rings. The average Bonchev–Trinajstić information content (AvgIpc) is 3.00. The third-order valence-electron chi connectivity index (χ3n) is 7.87. The fraction of sp³-hybridized carbons (Fsp3) is 0.833. The van der Waals surface area contributed by atoms with E-state index >= 15 is 0 Å². The fourth-order valence-electron chi connectivity index (χ4n) is 6.70. The van der Waals surface area contributed by atoms with E-state index < -0.39 is 0 Å². The van der Waals surface area contributed by atoms with E-state index in [9.17, 15) is 5.11 Å². The van der Waals surface area contributed by atoms with Crippen molar-refractivity contribution >= 4 is 0 Å². The lowest BCUT2D eigenvalue weighted by molar-refractivity contribution is -0.0411. The summed E-state index contributed by atoms with van der Waals surface area (Å²) in [6.45, 7) is 14.4. The first-order valence-corrected chi connectivity index (χ1v) is 10.9. The van der Waals surface area contributed by atoms with Gasteiger partial charge in [0.2, 0.25) is 0 Å². The molecule has 0 aliphatic heterocycles. The van der Waals surface area contributed by atoms with Crippen molar-refractivity contribution in [3.05, 3.63) is 24.3 Å². The maximum absolute atomic E-state index is 9.97. The Labute approximate surface area is 157 Å². The van der Waals surface area contributed by atoms with Crippen molar-refractivity contribution in [3.63, 3.8) is 0 Å². The summed E-state index contributed by atoms with van der Waals surface area (Å²) in [5.74, 6) is 2.89. The van der Waals surface area contributed by atoms with Gasteiger partial charge in [0.25, 0.3) is 0 Å². The molecule has 144 valence electrons. The first-order valence-electron chi connectivity index (χ1n) is 10.9. The van der Waals surface area contributed by atoms with Gasteiger partial charge < -0.3 is 5.11 Å². The van der Waals surface area contributed by atoms with Gasteiger partial charge in [-0.15, -0.1) is 6.58 Å². The Morgan fingerprint density at radius 3 is 2.40 bits per heavy atom. The highest BCUT2D eigenvalue weighted by molar-refractivity contribution is 5.25. The third-order valence-corrected chi connectivity index (χ3v) is 7.87.